The van der Waals surface area contributed by atoms with E-state index >= 15 is 0 Å². The molecule has 0 aromatic carbocycles. The zero-order valence-corrected chi connectivity index (χ0v) is 14.7. The van der Waals surface area contributed by atoms with Crippen molar-refractivity contribution >= 4 is 23.2 Å². The molecule has 3 rings (SSSR count). The predicted molar refractivity (Wildman–Crippen MR) is 93.8 cm³/mol. The lowest BCUT2D eigenvalue weighted by Crippen LogP contribution is -2.46. The Kier molecular flexibility index (Phi) is 4.99. The largest absolute Gasteiger partial charge is 0.354 e. The third kappa shape index (κ3) is 3.67. The van der Waals surface area contributed by atoms with Crippen LogP contribution in [0.5, 0.6) is 0 Å². The Labute approximate surface area is 145 Å². The van der Waals surface area contributed by atoms with Gasteiger partial charge in [0.25, 0.3) is 5.91 Å². The quantitative estimate of drug-likeness (QED) is 0.893. The van der Waals surface area contributed by atoms with Gasteiger partial charge in [0.15, 0.2) is 5.69 Å². The molecule has 2 aromatic rings. The molecule has 3 heterocycles. The SMILES string of the molecule is CC(C)NC(=O)[C@H]1CCCN(C(=O)c2cc(-c3cccs3)[nH]n2)C1. The van der Waals surface area contributed by atoms with Crippen molar-refractivity contribution in [2.75, 3.05) is 13.1 Å². The maximum Gasteiger partial charge on any atom is 0.274 e. The van der Waals surface area contributed by atoms with Crippen LogP contribution in [0, 0.1) is 5.92 Å². The first-order chi connectivity index (χ1) is 11.5. The highest BCUT2D eigenvalue weighted by molar-refractivity contribution is 7.13. The lowest BCUT2D eigenvalue weighted by molar-refractivity contribution is -0.126. The van der Waals surface area contributed by atoms with Gasteiger partial charge in [-0.3, -0.25) is 14.7 Å². The van der Waals surface area contributed by atoms with E-state index in [4.69, 9.17) is 0 Å². The van der Waals surface area contributed by atoms with Crippen LogP contribution in [0.15, 0.2) is 23.6 Å². The Morgan fingerprint density at radius 1 is 1.46 bits per heavy atom. The number of nitrogens with one attached hydrogen (secondary N) is 2. The van der Waals surface area contributed by atoms with Gasteiger partial charge in [0.1, 0.15) is 0 Å². The fraction of sp³-hybridized carbons (Fsp3) is 0.471. The molecule has 2 aromatic heterocycles. The minimum Gasteiger partial charge on any atom is -0.354 e. The highest BCUT2D eigenvalue weighted by Gasteiger charge is 2.30. The monoisotopic (exact) mass is 346 g/mol. The first kappa shape index (κ1) is 16.7. The minimum absolute atomic E-state index is 0.0313. The number of H-pyrrole nitrogens is 1. The van der Waals surface area contributed by atoms with Crippen LogP contribution in [0.2, 0.25) is 0 Å². The van der Waals surface area contributed by atoms with E-state index in [0.29, 0.717) is 18.8 Å². The highest BCUT2D eigenvalue weighted by Crippen LogP contribution is 2.24. The predicted octanol–water partition coefficient (Wildman–Crippen LogP) is 2.51. The Balaban J connectivity index is 1.67. The fourth-order valence-electron chi connectivity index (χ4n) is 2.93. The van der Waals surface area contributed by atoms with Crippen LogP contribution in [-0.4, -0.2) is 46.0 Å². The van der Waals surface area contributed by atoms with Gasteiger partial charge in [0.2, 0.25) is 5.91 Å². The minimum atomic E-state index is -0.138. The summed E-state index contributed by atoms with van der Waals surface area (Å²) in [4.78, 5) is 27.7. The molecule has 1 atom stereocenters. The number of rotatable bonds is 4. The summed E-state index contributed by atoms with van der Waals surface area (Å²) in [7, 11) is 0. The van der Waals surface area contributed by atoms with Crippen LogP contribution in [0.1, 0.15) is 37.2 Å². The maximum absolute atomic E-state index is 12.7. The summed E-state index contributed by atoms with van der Waals surface area (Å²) >= 11 is 1.60. The number of piperidine rings is 1. The Hall–Kier alpha value is -2.15. The van der Waals surface area contributed by atoms with Crippen molar-refractivity contribution in [3.8, 4) is 10.6 Å². The number of aromatic amines is 1. The topological polar surface area (TPSA) is 78.1 Å². The smallest absolute Gasteiger partial charge is 0.274 e. The van der Waals surface area contributed by atoms with Crippen LogP contribution >= 0.6 is 11.3 Å². The number of carbonyl (C=O) groups excluding carboxylic acids is 2. The first-order valence-corrected chi connectivity index (χ1v) is 9.11. The zero-order chi connectivity index (χ0) is 17.1. The van der Waals surface area contributed by atoms with Gasteiger partial charge in [0.05, 0.1) is 16.5 Å². The second-order valence-electron chi connectivity index (χ2n) is 6.40. The van der Waals surface area contributed by atoms with E-state index < -0.39 is 0 Å². The number of amides is 2. The lowest BCUT2D eigenvalue weighted by atomic mass is 9.96. The standard InChI is InChI=1S/C17H22N4O2S/c1-11(2)18-16(22)12-5-3-7-21(10-12)17(23)14-9-13(19-20-14)15-6-4-8-24-15/h4,6,8-9,11-12H,3,5,7,10H2,1-2H3,(H,18,22)(H,19,20)/t12-/m0/s1. The third-order valence-corrected chi connectivity index (χ3v) is 5.00. The summed E-state index contributed by atoms with van der Waals surface area (Å²) in [6.45, 7) is 5.02. The number of aromatic nitrogens is 2. The summed E-state index contributed by atoms with van der Waals surface area (Å²) in [5, 5.41) is 12.0. The van der Waals surface area contributed by atoms with Gasteiger partial charge in [-0.05, 0) is 44.2 Å². The van der Waals surface area contributed by atoms with E-state index in [2.05, 4.69) is 15.5 Å². The van der Waals surface area contributed by atoms with Crippen molar-refractivity contribution in [3.05, 3.63) is 29.3 Å². The second kappa shape index (κ2) is 7.17. The zero-order valence-electron chi connectivity index (χ0n) is 13.9. The molecule has 1 aliphatic rings. The van der Waals surface area contributed by atoms with Crippen LogP contribution in [0.3, 0.4) is 0 Å². The third-order valence-electron chi connectivity index (χ3n) is 4.09. The summed E-state index contributed by atoms with van der Waals surface area (Å²) < 4.78 is 0. The van der Waals surface area contributed by atoms with Crippen molar-refractivity contribution in [3.63, 3.8) is 0 Å². The van der Waals surface area contributed by atoms with Gasteiger partial charge in [-0.25, -0.2) is 0 Å². The summed E-state index contributed by atoms with van der Waals surface area (Å²) in [6, 6.07) is 5.85. The maximum atomic E-state index is 12.7. The number of likely N-dealkylation sites (tertiary alicyclic amines) is 1. The average Bonchev–Trinajstić information content (AvgIpc) is 3.24. The van der Waals surface area contributed by atoms with E-state index in [9.17, 15) is 9.59 Å². The van der Waals surface area contributed by atoms with E-state index in [1.165, 1.54) is 0 Å². The summed E-state index contributed by atoms with van der Waals surface area (Å²) in [5.74, 6) is -0.222. The number of nitrogens with zero attached hydrogens (tertiary/aromatic N) is 2. The molecule has 0 unspecified atom stereocenters. The van der Waals surface area contributed by atoms with Crippen molar-refractivity contribution in [1.82, 2.24) is 20.4 Å². The van der Waals surface area contributed by atoms with Crippen LogP contribution in [-0.2, 0) is 4.79 Å². The first-order valence-electron chi connectivity index (χ1n) is 8.23. The van der Waals surface area contributed by atoms with Crippen molar-refractivity contribution in [2.24, 2.45) is 5.92 Å². The molecule has 0 spiro atoms. The van der Waals surface area contributed by atoms with Crippen molar-refractivity contribution < 1.29 is 9.59 Å². The number of carbonyl (C=O) groups is 2. The van der Waals surface area contributed by atoms with Crippen LogP contribution in [0.4, 0.5) is 0 Å². The molecule has 1 fully saturated rings. The molecule has 2 amide bonds. The fourth-order valence-corrected chi connectivity index (χ4v) is 3.62. The Bertz CT molecular complexity index is 708. The number of thiophene rings is 1. The molecular weight excluding hydrogens is 324 g/mol. The molecule has 0 aliphatic carbocycles. The summed E-state index contributed by atoms with van der Waals surface area (Å²) in [6.07, 6.45) is 1.66. The number of hydrogen-bond donors (Lipinski definition) is 2. The molecule has 1 aliphatic heterocycles. The molecule has 0 radical (unpaired) electrons. The average molecular weight is 346 g/mol. The highest BCUT2D eigenvalue weighted by atomic mass is 32.1. The van der Waals surface area contributed by atoms with E-state index in [0.717, 1.165) is 23.4 Å². The molecule has 7 heteroatoms. The van der Waals surface area contributed by atoms with Crippen molar-refractivity contribution in [1.29, 1.82) is 0 Å². The van der Waals surface area contributed by atoms with Gasteiger partial charge in [-0.1, -0.05) is 6.07 Å². The van der Waals surface area contributed by atoms with E-state index in [1.807, 2.05) is 31.4 Å². The molecule has 24 heavy (non-hydrogen) atoms. The molecule has 1 saturated heterocycles. The van der Waals surface area contributed by atoms with Crippen LogP contribution in [0.25, 0.3) is 10.6 Å². The molecule has 6 nitrogen and oxygen atoms in total. The lowest BCUT2D eigenvalue weighted by Gasteiger charge is -2.32. The Morgan fingerprint density at radius 3 is 3.00 bits per heavy atom. The molecule has 128 valence electrons. The number of hydrogen-bond acceptors (Lipinski definition) is 4. The van der Waals surface area contributed by atoms with Gasteiger partial charge in [0, 0.05) is 19.1 Å². The second-order valence-corrected chi connectivity index (χ2v) is 7.35. The van der Waals surface area contributed by atoms with Gasteiger partial charge in [-0.2, -0.15) is 5.10 Å². The molecular formula is C17H22N4O2S. The molecule has 0 saturated carbocycles. The molecule has 2 N–H and O–H groups in total. The van der Waals surface area contributed by atoms with Gasteiger partial charge < -0.3 is 10.2 Å². The van der Waals surface area contributed by atoms with E-state index in [-0.39, 0.29) is 23.8 Å². The van der Waals surface area contributed by atoms with Crippen molar-refractivity contribution in [2.45, 2.75) is 32.7 Å². The normalized spacial score (nSPS) is 18.0. The summed E-state index contributed by atoms with van der Waals surface area (Å²) in [5.41, 5.74) is 1.25. The van der Waals surface area contributed by atoms with Gasteiger partial charge in [-0.15, -0.1) is 11.3 Å². The van der Waals surface area contributed by atoms with Gasteiger partial charge >= 0.3 is 0 Å². The molecule has 0 bridgehead atoms. The van der Waals surface area contributed by atoms with E-state index in [1.54, 1.807) is 22.3 Å². The van der Waals surface area contributed by atoms with Crippen LogP contribution < -0.4 is 5.32 Å². The Morgan fingerprint density at radius 2 is 2.29 bits per heavy atom.